The second-order valence-electron chi connectivity index (χ2n) is 24.9. The summed E-state index contributed by atoms with van der Waals surface area (Å²) in [6.07, 6.45) is 17.3. The number of H-pyrrole nitrogens is 1. The van der Waals surface area contributed by atoms with Gasteiger partial charge in [-0.3, -0.25) is 34.3 Å². The van der Waals surface area contributed by atoms with E-state index in [0.29, 0.717) is 57.4 Å². The van der Waals surface area contributed by atoms with Gasteiger partial charge >= 0.3 is 6.09 Å². The van der Waals surface area contributed by atoms with Crippen LogP contribution in [0.25, 0.3) is 0 Å². The van der Waals surface area contributed by atoms with Crippen LogP contribution >= 0.6 is 55.1 Å². The molecular weight excluding hydrogens is 1300 g/mol. The van der Waals surface area contributed by atoms with Gasteiger partial charge in [-0.2, -0.15) is 0 Å². The zero-order valence-corrected chi connectivity index (χ0v) is 56.2. The first-order chi connectivity index (χ1) is 43.5. The van der Waals surface area contributed by atoms with Crippen molar-refractivity contribution in [2.45, 2.75) is 115 Å². The Morgan fingerprint density at radius 2 is 1.21 bits per heavy atom. The molecule has 3 amide bonds. The van der Waals surface area contributed by atoms with E-state index in [-0.39, 0.29) is 29.9 Å². The summed E-state index contributed by atoms with van der Waals surface area (Å²) in [5.74, 6) is 0.0338. The Morgan fingerprint density at radius 1 is 0.656 bits per heavy atom. The number of nitrogens with one attached hydrogen (secondary N) is 2. The Labute approximate surface area is 555 Å². The monoisotopic (exact) mass is 1380 g/mol. The van der Waals surface area contributed by atoms with Gasteiger partial charge in [0.1, 0.15) is 11.6 Å². The normalized spacial score (nSPS) is 18.3. The van der Waals surface area contributed by atoms with E-state index in [9.17, 15) is 14.4 Å². The average Bonchev–Trinajstić information content (AvgIpc) is 2.40. The Morgan fingerprint density at radius 3 is 1.76 bits per heavy atom. The highest BCUT2D eigenvalue weighted by atomic mass is 79.9. The van der Waals surface area contributed by atoms with Crippen LogP contribution in [0.2, 0.25) is 10.0 Å². The largest absolute Gasteiger partial charge is 0.444 e. The fourth-order valence-electron chi connectivity index (χ4n) is 13.0. The third-order valence-electron chi connectivity index (χ3n) is 17.2. The van der Waals surface area contributed by atoms with Gasteiger partial charge in [0.25, 0.3) is 0 Å². The summed E-state index contributed by atoms with van der Waals surface area (Å²) < 4.78 is 9.74. The molecule has 2 saturated heterocycles. The predicted molar refractivity (Wildman–Crippen MR) is 359 cm³/mol. The number of aromatic amines is 1. The van der Waals surface area contributed by atoms with Gasteiger partial charge in [-0.05, 0) is 185 Å². The van der Waals surface area contributed by atoms with Crippen LogP contribution in [0.4, 0.5) is 4.79 Å². The number of rotatable bonds is 16. The Kier molecular flexibility index (Phi) is 21.3. The number of hydrogen-bond donors (Lipinski definition) is 2. The number of hydrogen-bond acceptors (Lipinski definition) is 11. The Balaban J connectivity index is 0.000000188. The fourth-order valence-corrected chi connectivity index (χ4v) is 14.2. The number of halogens is 4. The van der Waals surface area contributed by atoms with Crippen LogP contribution < -0.4 is 5.32 Å². The first-order valence-electron chi connectivity index (χ1n) is 31.2. The number of nitrogens with zero attached hydrogens (tertiary/aromatic N) is 10. The summed E-state index contributed by atoms with van der Waals surface area (Å²) in [5, 5.41) is 4.99. The SMILES string of the molecule is Cn1cnc(CCCN(Cc2ccccc2)C(=O)[C@H]2CN(C3c4ccc(Cl)cc4CCc4cc(Br)cnc43)CCN2C(=O)OC(C)(C)C)c1.O=C([C@H]1CN(C2c3ccc(Cl)cc3CCc3cc(Br)cnc32)CCN1)N(CCCc1cnc[nH]1)Cc1ccccc1. The van der Waals surface area contributed by atoms with Crippen LogP contribution in [-0.2, 0) is 73.0 Å². The molecule has 2 N–H and O–H groups in total. The predicted octanol–water partition coefficient (Wildman–Crippen LogP) is 12.3. The molecule has 20 heteroatoms. The number of carbonyl (C=O) groups excluding carboxylic acids is 3. The standard InChI is InChI=1S/C38H44BrClN6O3.C32H34BrClN6O/c1-38(2,3)49-37(48)46-18-17-44(35-32-15-14-30(40)20-27(32)12-13-28-19-29(39)21-41-34(28)35)24-33(46)36(47)45(22-26-9-6-5-7-10-26)16-8-11-31-23-43(4)25-42-31;33-25-15-24-9-8-23-16-26(34)10-11-28(23)31(30(24)37-17-25)39-14-12-36-29(20-39)32(41)40(19-22-5-2-1-3-6-22)13-4-7-27-18-35-21-38-27/h5-7,9-10,14-15,19-21,23,25,33,35H,8,11-13,16-18,22,24H2,1-4H3;1-3,5-6,10-11,15-18,21,29,31,36H,4,7-9,12-14,19-20H2,(H,35,38)/t33-,35?;29-,31?/m11/s1. The van der Waals surface area contributed by atoms with Gasteiger partial charge in [0.15, 0.2) is 0 Å². The van der Waals surface area contributed by atoms with E-state index in [4.69, 9.17) is 37.9 Å². The number of fused-ring (bicyclic) bond motifs is 4. The van der Waals surface area contributed by atoms with E-state index in [1.165, 1.54) is 22.3 Å². The summed E-state index contributed by atoms with van der Waals surface area (Å²) in [7, 11) is 1.95. The highest BCUT2D eigenvalue weighted by molar-refractivity contribution is 9.10. The Hall–Kier alpha value is -6.77. The zero-order chi connectivity index (χ0) is 62.9. The van der Waals surface area contributed by atoms with Crippen molar-refractivity contribution in [2.24, 2.45) is 7.05 Å². The van der Waals surface area contributed by atoms with Crippen LogP contribution in [0.5, 0.6) is 0 Å². The van der Waals surface area contributed by atoms with Crippen LogP contribution in [-0.4, -0.2) is 142 Å². The molecule has 6 heterocycles. The molecule has 4 aromatic carbocycles. The Bertz CT molecular complexity index is 3650. The summed E-state index contributed by atoms with van der Waals surface area (Å²) in [4.78, 5) is 74.8. The second kappa shape index (κ2) is 29.7. The van der Waals surface area contributed by atoms with Crippen molar-refractivity contribution in [1.29, 1.82) is 0 Å². The van der Waals surface area contributed by atoms with Crippen LogP contribution in [0, 0.1) is 0 Å². The quantitative estimate of drug-likeness (QED) is 0.0947. The molecule has 4 aromatic heterocycles. The molecule has 90 heavy (non-hydrogen) atoms. The van der Waals surface area contributed by atoms with Crippen LogP contribution in [0.15, 0.2) is 156 Å². The van der Waals surface area contributed by atoms with Crippen molar-refractivity contribution in [3.63, 3.8) is 0 Å². The van der Waals surface area contributed by atoms with Crippen molar-refractivity contribution in [1.82, 2.24) is 59.3 Å². The molecule has 0 spiro atoms. The van der Waals surface area contributed by atoms with Crippen molar-refractivity contribution in [3.05, 3.63) is 233 Å². The maximum atomic E-state index is 14.9. The molecule has 2 aliphatic carbocycles. The van der Waals surface area contributed by atoms with E-state index in [2.05, 4.69) is 104 Å². The lowest BCUT2D eigenvalue weighted by molar-refractivity contribution is -0.140. The molecule has 4 atom stereocenters. The number of aromatic nitrogens is 6. The van der Waals surface area contributed by atoms with Crippen LogP contribution in [0.1, 0.15) is 113 Å². The zero-order valence-electron chi connectivity index (χ0n) is 51.5. The average molecular weight is 1380 g/mol. The van der Waals surface area contributed by atoms with Gasteiger partial charge in [0.2, 0.25) is 11.8 Å². The third-order valence-corrected chi connectivity index (χ3v) is 18.6. The fraction of sp³-hybridized carbons (Fsp3) is 0.386. The molecule has 16 nitrogen and oxygen atoms in total. The lowest BCUT2D eigenvalue weighted by atomic mass is 9.95. The van der Waals surface area contributed by atoms with Crippen LogP contribution in [0.3, 0.4) is 0 Å². The molecule has 4 aliphatic rings. The molecule has 0 radical (unpaired) electrons. The minimum Gasteiger partial charge on any atom is -0.444 e. The lowest BCUT2D eigenvalue weighted by Gasteiger charge is -2.45. The van der Waals surface area contributed by atoms with Gasteiger partial charge < -0.3 is 29.4 Å². The molecule has 2 fully saturated rings. The van der Waals surface area contributed by atoms with Gasteiger partial charge in [-0.25, -0.2) is 14.8 Å². The third kappa shape index (κ3) is 16.3. The van der Waals surface area contributed by atoms with E-state index in [0.717, 1.165) is 123 Å². The first kappa shape index (κ1) is 64.7. The van der Waals surface area contributed by atoms with Gasteiger partial charge in [-0.1, -0.05) is 96.0 Å². The summed E-state index contributed by atoms with van der Waals surface area (Å²) in [5.41, 5.74) is 12.8. The summed E-state index contributed by atoms with van der Waals surface area (Å²) in [6.45, 7) is 11.1. The molecule has 0 saturated carbocycles. The number of amides is 3. The van der Waals surface area contributed by atoms with Gasteiger partial charge in [0, 0.05) is 122 Å². The maximum absolute atomic E-state index is 14.9. The number of carbonyl (C=O) groups is 3. The van der Waals surface area contributed by atoms with Gasteiger partial charge in [0.05, 0.1) is 47.9 Å². The van der Waals surface area contributed by atoms with Gasteiger partial charge in [-0.15, -0.1) is 0 Å². The lowest BCUT2D eigenvalue weighted by Crippen LogP contribution is -2.62. The minimum absolute atomic E-state index is 0.0341. The van der Waals surface area contributed by atoms with E-state index < -0.39 is 17.7 Å². The molecule has 12 rings (SSSR count). The van der Waals surface area contributed by atoms with Crippen molar-refractivity contribution >= 4 is 73.0 Å². The highest BCUT2D eigenvalue weighted by Gasteiger charge is 2.44. The first-order valence-corrected chi connectivity index (χ1v) is 33.5. The van der Waals surface area contributed by atoms with E-state index in [1.807, 2.05) is 134 Å². The number of aryl methyl sites for hydroxylation is 7. The topological polar surface area (TPSA) is 161 Å². The maximum Gasteiger partial charge on any atom is 0.411 e. The van der Waals surface area contributed by atoms with Crippen molar-refractivity contribution in [3.8, 4) is 0 Å². The summed E-state index contributed by atoms with van der Waals surface area (Å²) >= 11 is 20.2. The minimum atomic E-state index is -0.764. The number of imidazole rings is 2. The number of pyridine rings is 2. The number of benzene rings is 4. The molecule has 2 aliphatic heterocycles. The summed E-state index contributed by atoms with van der Waals surface area (Å²) in [6, 6.07) is 35.6. The number of piperazine rings is 2. The van der Waals surface area contributed by atoms with E-state index >= 15 is 0 Å². The molecule has 470 valence electrons. The second-order valence-corrected chi connectivity index (χ2v) is 27.6. The molecular formula is C70H78Br2Cl2N12O4. The molecule has 2 unspecified atom stereocenters. The van der Waals surface area contributed by atoms with Crippen molar-refractivity contribution < 1.29 is 19.1 Å². The smallest absolute Gasteiger partial charge is 0.411 e. The number of ether oxygens (including phenoxy) is 1. The van der Waals surface area contributed by atoms with E-state index in [1.54, 1.807) is 17.6 Å². The molecule has 8 aromatic rings. The van der Waals surface area contributed by atoms with Crippen molar-refractivity contribution in [2.75, 3.05) is 52.4 Å². The highest BCUT2D eigenvalue weighted by Crippen LogP contribution is 2.41. The molecule has 0 bridgehead atoms.